The van der Waals surface area contributed by atoms with Crippen molar-refractivity contribution in [3.05, 3.63) is 0 Å². The summed E-state index contributed by atoms with van der Waals surface area (Å²) in [6.07, 6.45) is -5.12. The summed E-state index contributed by atoms with van der Waals surface area (Å²) in [4.78, 5) is 15.5. The van der Waals surface area contributed by atoms with Crippen molar-refractivity contribution in [1.29, 1.82) is 0 Å². The summed E-state index contributed by atoms with van der Waals surface area (Å²) in [6.45, 7) is 1.75. The smallest absolute Gasteiger partial charge is 0.338 e. The molecule has 3 aliphatic rings. The summed E-state index contributed by atoms with van der Waals surface area (Å²) >= 11 is 0. The molecule has 0 amide bonds. The van der Waals surface area contributed by atoms with E-state index in [9.17, 15) is 25.3 Å². The minimum Gasteiger partial charge on any atom is -0.457 e. The Kier molecular flexibility index (Phi) is 2.74. The number of hydroxylamine groups is 2. The number of fused-ring (bicyclic) bond motifs is 1. The molecule has 20 heavy (non-hydrogen) atoms. The maximum absolute atomic E-state index is 11.8. The van der Waals surface area contributed by atoms with Crippen LogP contribution in [0.25, 0.3) is 0 Å². The molecule has 1 saturated heterocycles. The lowest BCUT2D eigenvalue weighted by Crippen LogP contribution is -2.81. The Morgan fingerprint density at radius 1 is 1.45 bits per heavy atom. The fraction of sp³-hybridized carbons (Fsp3) is 0.818. The summed E-state index contributed by atoms with van der Waals surface area (Å²) in [5, 5.41) is 41.3. The molecule has 2 aliphatic heterocycles. The van der Waals surface area contributed by atoms with Crippen molar-refractivity contribution in [2.75, 3.05) is 0 Å². The maximum Gasteiger partial charge on any atom is 0.338 e. The molecular formula is C11H17N3O6. The van der Waals surface area contributed by atoms with E-state index in [0.29, 0.717) is 11.5 Å². The topological polar surface area (TPSA) is 149 Å². The second-order valence-electron chi connectivity index (χ2n) is 5.67. The molecule has 2 bridgehead atoms. The van der Waals surface area contributed by atoms with Gasteiger partial charge in [0, 0.05) is 5.92 Å². The van der Waals surface area contributed by atoms with E-state index >= 15 is 0 Å². The average molecular weight is 287 g/mol. The summed E-state index contributed by atoms with van der Waals surface area (Å²) in [5.74, 6) is -2.52. The van der Waals surface area contributed by atoms with Gasteiger partial charge >= 0.3 is 5.97 Å². The van der Waals surface area contributed by atoms with Crippen molar-refractivity contribution in [2.45, 2.75) is 43.4 Å². The van der Waals surface area contributed by atoms with Gasteiger partial charge in [-0.15, -0.1) is 0 Å². The number of carbonyl (C=O) groups is 1. The van der Waals surface area contributed by atoms with Gasteiger partial charge < -0.3 is 25.8 Å². The van der Waals surface area contributed by atoms with Crippen LogP contribution in [0.15, 0.2) is 4.99 Å². The van der Waals surface area contributed by atoms with Crippen molar-refractivity contribution in [3.63, 3.8) is 0 Å². The predicted octanol–water partition coefficient (Wildman–Crippen LogP) is -2.63. The van der Waals surface area contributed by atoms with E-state index in [0.717, 1.165) is 0 Å². The molecule has 1 spiro atoms. The van der Waals surface area contributed by atoms with Crippen LogP contribution in [0.5, 0.6) is 0 Å². The molecule has 1 aliphatic carbocycles. The minimum absolute atomic E-state index is 0.253. The zero-order valence-corrected chi connectivity index (χ0v) is 10.7. The van der Waals surface area contributed by atoms with E-state index in [1.807, 2.05) is 0 Å². The Morgan fingerprint density at radius 2 is 2.10 bits per heavy atom. The first-order valence-electron chi connectivity index (χ1n) is 6.38. The minimum atomic E-state index is -1.84. The lowest BCUT2D eigenvalue weighted by atomic mass is 9.60. The summed E-state index contributed by atoms with van der Waals surface area (Å²) < 4.78 is 5.02. The van der Waals surface area contributed by atoms with E-state index in [-0.39, 0.29) is 5.92 Å². The van der Waals surface area contributed by atoms with Crippen LogP contribution in [0.3, 0.4) is 0 Å². The van der Waals surface area contributed by atoms with Crippen molar-refractivity contribution < 1.29 is 30.1 Å². The van der Waals surface area contributed by atoms with Gasteiger partial charge in [0.2, 0.25) is 5.96 Å². The number of guanidine groups is 1. The zero-order chi connectivity index (χ0) is 14.8. The second-order valence-corrected chi connectivity index (χ2v) is 5.67. The van der Waals surface area contributed by atoms with E-state index in [2.05, 4.69) is 4.99 Å². The van der Waals surface area contributed by atoms with Crippen LogP contribution >= 0.6 is 0 Å². The number of aliphatic hydroxyl groups excluding tert-OH is 3. The number of rotatable bonds is 0. The van der Waals surface area contributed by atoms with E-state index in [1.165, 1.54) is 0 Å². The third-order valence-electron chi connectivity index (χ3n) is 4.69. The summed E-state index contributed by atoms with van der Waals surface area (Å²) in [6, 6.07) is 0. The number of aliphatic imine (C=N–C) groups is 1. The lowest BCUT2D eigenvalue weighted by Gasteiger charge is -2.60. The predicted molar refractivity (Wildman–Crippen MR) is 63.2 cm³/mol. The highest BCUT2D eigenvalue weighted by Crippen LogP contribution is 2.50. The molecule has 1 saturated carbocycles. The third-order valence-corrected chi connectivity index (χ3v) is 4.69. The summed E-state index contributed by atoms with van der Waals surface area (Å²) in [5.41, 5.74) is 3.67. The van der Waals surface area contributed by atoms with Crippen LogP contribution in [-0.4, -0.2) is 67.6 Å². The number of hydrogen-bond acceptors (Lipinski definition) is 9. The Bertz CT molecular complexity index is 485. The quantitative estimate of drug-likeness (QED) is 0.304. The molecule has 2 heterocycles. The molecule has 0 aromatic carbocycles. The number of ether oxygens (including phenoxy) is 1. The largest absolute Gasteiger partial charge is 0.457 e. The standard InChI is InChI=1S/C11H17N3O6/c1-3-2-4-8(17)13-10(12)14(19)11(4)6(15)5(3)20-9(18)7(11)16/h3-8,15-17,19H,2H2,1H3,(H2,12,13)/t3-,4-,5+,6+,7+,8-,11+/m1/s1. The van der Waals surface area contributed by atoms with E-state index < -0.39 is 47.9 Å². The second kappa shape index (κ2) is 4.04. The van der Waals surface area contributed by atoms with Crippen LogP contribution in [-0.2, 0) is 9.53 Å². The van der Waals surface area contributed by atoms with Crippen molar-refractivity contribution in [1.82, 2.24) is 5.06 Å². The molecule has 9 heteroatoms. The lowest BCUT2D eigenvalue weighted by molar-refractivity contribution is -0.301. The first kappa shape index (κ1) is 13.6. The van der Waals surface area contributed by atoms with E-state index in [4.69, 9.17) is 10.5 Å². The fourth-order valence-electron chi connectivity index (χ4n) is 3.69. The molecule has 0 aromatic rings. The van der Waals surface area contributed by atoms with E-state index in [1.54, 1.807) is 6.92 Å². The van der Waals surface area contributed by atoms with Crippen LogP contribution in [0.1, 0.15) is 13.3 Å². The monoisotopic (exact) mass is 287 g/mol. The maximum atomic E-state index is 11.8. The molecule has 6 N–H and O–H groups in total. The number of carbonyl (C=O) groups excluding carboxylic acids is 1. The molecule has 9 nitrogen and oxygen atoms in total. The molecule has 0 unspecified atom stereocenters. The highest BCUT2D eigenvalue weighted by atomic mass is 16.6. The molecule has 0 aromatic heterocycles. The van der Waals surface area contributed by atoms with Crippen LogP contribution in [0.4, 0.5) is 0 Å². The van der Waals surface area contributed by atoms with Gasteiger partial charge in [-0.25, -0.2) is 14.9 Å². The third kappa shape index (κ3) is 1.35. The van der Waals surface area contributed by atoms with Gasteiger partial charge in [-0.3, -0.25) is 5.21 Å². The van der Waals surface area contributed by atoms with Crippen LogP contribution in [0.2, 0.25) is 0 Å². The Morgan fingerprint density at radius 3 is 2.75 bits per heavy atom. The SMILES string of the molecule is C[C@@H]1C[C@@H]2[C@@H](O)N=C(N)N(O)[C@@]23[C@@H](O)C(=O)O[C@@H]1[C@@H]3O. The number of nitrogens with two attached hydrogens (primary N) is 1. The molecule has 0 radical (unpaired) electrons. The molecule has 112 valence electrons. The Hall–Kier alpha value is -1.42. The fourth-order valence-corrected chi connectivity index (χ4v) is 3.69. The van der Waals surface area contributed by atoms with Crippen molar-refractivity contribution in [3.8, 4) is 0 Å². The van der Waals surface area contributed by atoms with Gasteiger partial charge in [0.1, 0.15) is 17.7 Å². The molecular weight excluding hydrogens is 270 g/mol. The zero-order valence-electron chi connectivity index (χ0n) is 10.7. The average Bonchev–Trinajstić information content (AvgIpc) is 2.38. The van der Waals surface area contributed by atoms with Crippen molar-refractivity contribution in [2.24, 2.45) is 22.6 Å². The van der Waals surface area contributed by atoms with Gasteiger partial charge in [-0.05, 0) is 12.3 Å². The Balaban J connectivity index is 2.19. The number of nitrogens with zero attached hydrogens (tertiary/aromatic N) is 2. The van der Waals surface area contributed by atoms with Crippen molar-refractivity contribution >= 4 is 11.9 Å². The van der Waals surface area contributed by atoms with Gasteiger partial charge in [0.05, 0.1) is 0 Å². The van der Waals surface area contributed by atoms with Gasteiger partial charge in [0.25, 0.3) is 0 Å². The normalized spacial score (nSPS) is 51.1. The summed E-state index contributed by atoms with van der Waals surface area (Å²) in [7, 11) is 0. The van der Waals surface area contributed by atoms with Crippen LogP contribution < -0.4 is 5.73 Å². The Labute approximate surface area is 114 Å². The molecule has 3 rings (SSSR count). The van der Waals surface area contributed by atoms with Gasteiger partial charge in [-0.2, -0.15) is 0 Å². The first-order chi connectivity index (χ1) is 9.31. The first-order valence-corrected chi connectivity index (χ1v) is 6.38. The molecule has 7 atom stereocenters. The number of esters is 1. The number of hydrogen-bond donors (Lipinski definition) is 5. The highest BCUT2D eigenvalue weighted by molar-refractivity contribution is 5.84. The number of aliphatic hydroxyl groups is 3. The van der Waals surface area contributed by atoms with Crippen LogP contribution in [0, 0.1) is 11.8 Å². The van der Waals surface area contributed by atoms with Gasteiger partial charge in [0.15, 0.2) is 12.3 Å². The van der Waals surface area contributed by atoms with Gasteiger partial charge in [-0.1, -0.05) is 6.92 Å². The molecule has 2 fully saturated rings. The highest BCUT2D eigenvalue weighted by Gasteiger charge is 2.70.